The standard InChI is InChI=1S/C18H19F5N6O/c19-17(20)12(24)1-2-15-25-5-14(28-15)13-4-16(27-9-26-13)29-6-10(8-30)3-11(7-29)18(21,22)23/h1-2,4-5,9-11,17,24,30H,3,6-8H2,(H,25,28)/b2-1-,24-12?. The summed E-state index contributed by atoms with van der Waals surface area (Å²) in [6.07, 6.45) is -2.69. The number of aromatic amines is 1. The van der Waals surface area contributed by atoms with Gasteiger partial charge in [0.2, 0.25) is 0 Å². The Bertz CT molecular complexity index is 912. The molecule has 0 aromatic carbocycles. The number of rotatable bonds is 6. The first kappa shape index (κ1) is 21.8. The minimum Gasteiger partial charge on any atom is -0.396 e. The van der Waals surface area contributed by atoms with Gasteiger partial charge in [-0.25, -0.2) is 23.7 Å². The van der Waals surface area contributed by atoms with Crippen LogP contribution in [0.3, 0.4) is 0 Å². The molecule has 0 spiro atoms. The number of alkyl halides is 5. The number of halogens is 5. The van der Waals surface area contributed by atoms with Crippen LogP contribution in [0.1, 0.15) is 12.2 Å². The monoisotopic (exact) mass is 430 g/mol. The van der Waals surface area contributed by atoms with Crippen molar-refractivity contribution in [1.29, 1.82) is 5.41 Å². The van der Waals surface area contributed by atoms with E-state index in [0.29, 0.717) is 11.4 Å². The summed E-state index contributed by atoms with van der Waals surface area (Å²) in [7, 11) is 0. The number of anilines is 1. The number of imidazole rings is 1. The Labute approximate surface area is 168 Å². The molecule has 7 nitrogen and oxygen atoms in total. The zero-order valence-corrected chi connectivity index (χ0v) is 15.6. The predicted molar refractivity (Wildman–Crippen MR) is 99.3 cm³/mol. The Morgan fingerprint density at radius 3 is 2.73 bits per heavy atom. The van der Waals surface area contributed by atoms with Crippen molar-refractivity contribution in [3.8, 4) is 11.4 Å². The highest BCUT2D eigenvalue weighted by molar-refractivity contribution is 5.97. The Morgan fingerprint density at radius 2 is 2.07 bits per heavy atom. The molecule has 3 rings (SSSR count). The molecule has 12 heteroatoms. The van der Waals surface area contributed by atoms with E-state index in [9.17, 15) is 27.1 Å². The molecule has 30 heavy (non-hydrogen) atoms. The number of aromatic nitrogens is 4. The van der Waals surface area contributed by atoms with Crippen LogP contribution in [0.25, 0.3) is 17.5 Å². The van der Waals surface area contributed by atoms with E-state index in [1.54, 1.807) is 0 Å². The lowest BCUT2D eigenvalue weighted by Gasteiger charge is -2.38. The summed E-state index contributed by atoms with van der Waals surface area (Å²) in [5.41, 5.74) is -0.101. The minimum atomic E-state index is -4.38. The summed E-state index contributed by atoms with van der Waals surface area (Å²) >= 11 is 0. The van der Waals surface area contributed by atoms with Crippen LogP contribution in [0, 0.1) is 17.2 Å². The minimum absolute atomic E-state index is 0.141. The number of hydrogen-bond donors (Lipinski definition) is 3. The molecule has 0 aliphatic carbocycles. The van der Waals surface area contributed by atoms with Crippen LogP contribution in [0.15, 0.2) is 24.7 Å². The first-order chi connectivity index (χ1) is 14.2. The van der Waals surface area contributed by atoms with Gasteiger partial charge in [0.05, 0.1) is 29.2 Å². The van der Waals surface area contributed by atoms with Gasteiger partial charge < -0.3 is 15.0 Å². The van der Waals surface area contributed by atoms with Crippen molar-refractivity contribution in [3.05, 3.63) is 30.5 Å². The molecule has 2 atom stereocenters. The van der Waals surface area contributed by atoms with Gasteiger partial charge in [0.25, 0.3) is 6.43 Å². The summed E-state index contributed by atoms with van der Waals surface area (Å²) < 4.78 is 64.5. The Kier molecular flexibility index (Phi) is 6.44. The van der Waals surface area contributed by atoms with Crippen molar-refractivity contribution >= 4 is 17.6 Å². The quantitative estimate of drug-likeness (QED) is 0.483. The highest BCUT2D eigenvalue weighted by Crippen LogP contribution is 2.36. The fourth-order valence-corrected chi connectivity index (χ4v) is 3.22. The van der Waals surface area contributed by atoms with Gasteiger partial charge in [-0.3, -0.25) is 5.41 Å². The molecule has 2 unspecified atom stereocenters. The Hall–Kier alpha value is -2.89. The van der Waals surface area contributed by atoms with E-state index < -0.39 is 30.1 Å². The largest absolute Gasteiger partial charge is 0.396 e. The summed E-state index contributed by atoms with van der Waals surface area (Å²) in [6, 6.07) is 1.50. The fourth-order valence-electron chi connectivity index (χ4n) is 3.22. The van der Waals surface area contributed by atoms with E-state index in [4.69, 9.17) is 5.41 Å². The summed E-state index contributed by atoms with van der Waals surface area (Å²) in [5, 5.41) is 16.5. The lowest BCUT2D eigenvalue weighted by molar-refractivity contribution is -0.180. The van der Waals surface area contributed by atoms with Gasteiger partial charge in [-0.2, -0.15) is 13.2 Å². The van der Waals surface area contributed by atoms with Crippen LogP contribution >= 0.6 is 0 Å². The Balaban J connectivity index is 1.80. The predicted octanol–water partition coefficient (Wildman–Crippen LogP) is 3.16. The SMILES string of the molecule is N=C(/C=C\c1ncc(-c2cc(N3CC(CO)CC(C(F)(F)F)C3)ncn2)[nH]1)C(F)F. The molecule has 1 aliphatic rings. The van der Waals surface area contributed by atoms with E-state index in [0.717, 1.165) is 6.08 Å². The van der Waals surface area contributed by atoms with Crippen LogP contribution in [-0.4, -0.2) is 63.1 Å². The van der Waals surface area contributed by atoms with E-state index in [2.05, 4.69) is 19.9 Å². The third-order valence-corrected chi connectivity index (χ3v) is 4.76. The molecule has 2 aromatic heterocycles. The molecule has 0 amide bonds. The van der Waals surface area contributed by atoms with Crippen LogP contribution in [0.4, 0.5) is 27.8 Å². The number of nitrogens with one attached hydrogen (secondary N) is 2. The summed E-state index contributed by atoms with van der Waals surface area (Å²) in [6.45, 7) is -0.402. The van der Waals surface area contributed by atoms with Crippen molar-refractivity contribution in [3.63, 3.8) is 0 Å². The molecule has 162 valence electrons. The highest BCUT2D eigenvalue weighted by atomic mass is 19.4. The summed E-state index contributed by atoms with van der Waals surface area (Å²) in [5.74, 6) is -1.61. The smallest absolute Gasteiger partial charge is 0.393 e. The number of piperidine rings is 1. The maximum Gasteiger partial charge on any atom is 0.393 e. The number of aliphatic hydroxyl groups excluding tert-OH is 1. The van der Waals surface area contributed by atoms with Gasteiger partial charge in [0, 0.05) is 31.7 Å². The van der Waals surface area contributed by atoms with E-state index in [-0.39, 0.29) is 37.8 Å². The number of nitrogens with zero attached hydrogens (tertiary/aromatic N) is 4. The molecule has 2 aromatic rings. The second kappa shape index (κ2) is 8.86. The normalized spacial score (nSPS) is 20.3. The third-order valence-electron chi connectivity index (χ3n) is 4.76. The summed E-state index contributed by atoms with van der Waals surface area (Å²) in [4.78, 5) is 16.4. The molecule has 0 bridgehead atoms. The van der Waals surface area contributed by atoms with Gasteiger partial charge in [0.1, 0.15) is 18.0 Å². The van der Waals surface area contributed by atoms with Gasteiger partial charge in [-0.1, -0.05) is 0 Å². The second-order valence-corrected chi connectivity index (χ2v) is 6.96. The van der Waals surface area contributed by atoms with Crippen LogP contribution in [0.5, 0.6) is 0 Å². The van der Waals surface area contributed by atoms with Crippen LogP contribution in [-0.2, 0) is 0 Å². The molecule has 1 fully saturated rings. The van der Waals surface area contributed by atoms with E-state index in [1.807, 2.05) is 0 Å². The molecule has 3 heterocycles. The van der Waals surface area contributed by atoms with Crippen LogP contribution in [0.2, 0.25) is 0 Å². The zero-order chi connectivity index (χ0) is 21.9. The molecule has 0 radical (unpaired) electrons. The topological polar surface area (TPSA) is 102 Å². The molecule has 1 saturated heterocycles. The zero-order valence-electron chi connectivity index (χ0n) is 15.6. The van der Waals surface area contributed by atoms with E-state index in [1.165, 1.54) is 29.6 Å². The second-order valence-electron chi connectivity index (χ2n) is 6.96. The van der Waals surface area contributed by atoms with Gasteiger partial charge >= 0.3 is 6.18 Å². The van der Waals surface area contributed by atoms with Gasteiger partial charge in [0.15, 0.2) is 0 Å². The van der Waals surface area contributed by atoms with Crippen molar-refractivity contribution in [2.24, 2.45) is 11.8 Å². The van der Waals surface area contributed by atoms with Crippen molar-refractivity contribution in [1.82, 2.24) is 19.9 Å². The van der Waals surface area contributed by atoms with Gasteiger partial charge in [-0.15, -0.1) is 0 Å². The van der Waals surface area contributed by atoms with Crippen LogP contribution < -0.4 is 4.90 Å². The lowest BCUT2D eigenvalue weighted by atomic mass is 9.89. The van der Waals surface area contributed by atoms with Crippen molar-refractivity contribution < 1.29 is 27.1 Å². The van der Waals surface area contributed by atoms with E-state index >= 15 is 0 Å². The number of hydrogen-bond acceptors (Lipinski definition) is 6. The van der Waals surface area contributed by atoms with Gasteiger partial charge in [-0.05, 0) is 18.6 Å². The molecule has 1 aliphatic heterocycles. The molecule has 3 N–H and O–H groups in total. The molecular weight excluding hydrogens is 411 g/mol. The number of allylic oxidation sites excluding steroid dienone is 1. The lowest BCUT2D eigenvalue weighted by Crippen LogP contribution is -2.47. The average Bonchev–Trinajstić information content (AvgIpc) is 3.20. The molecule has 0 saturated carbocycles. The average molecular weight is 430 g/mol. The first-order valence-corrected chi connectivity index (χ1v) is 9.02. The maximum atomic E-state index is 13.2. The first-order valence-electron chi connectivity index (χ1n) is 9.02. The maximum absolute atomic E-state index is 13.2. The number of H-pyrrole nitrogens is 1. The Morgan fingerprint density at radius 1 is 1.30 bits per heavy atom. The number of aliphatic hydroxyl groups is 1. The molecular formula is C18H19F5N6O. The third kappa shape index (κ3) is 5.17. The fraction of sp³-hybridized carbons (Fsp3) is 0.444. The van der Waals surface area contributed by atoms with Crippen molar-refractivity contribution in [2.75, 3.05) is 24.6 Å². The van der Waals surface area contributed by atoms with Crippen molar-refractivity contribution in [2.45, 2.75) is 19.0 Å². The highest BCUT2D eigenvalue weighted by Gasteiger charge is 2.44.